The summed E-state index contributed by atoms with van der Waals surface area (Å²) in [5.74, 6) is 5.50. The van der Waals surface area contributed by atoms with Crippen molar-refractivity contribution in [2.75, 3.05) is 37.7 Å². The van der Waals surface area contributed by atoms with Crippen LogP contribution in [0.25, 0.3) is 0 Å². The van der Waals surface area contributed by atoms with Crippen LogP contribution in [0.5, 0.6) is 0 Å². The second-order valence-electron chi connectivity index (χ2n) is 8.72. The van der Waals surface area contributed by atoms with Gasteiger partial charge in [-0.15, -0.1) is 0 Å². The predicted molar refractivity (Wildman–Crippen MR) is 121 cm³/mol. The Kier molecular flexibility index (Phi) is 7.00. The average Bonchev–Trinajstić information content (AvgIpc) is 3.13. The third-order valence-corrected chi connectivity index (χ3v) is 7.59. The largest absolute Gasteiger partial charge is 0.357 e. The first-order valence-electron chi connectivity index (χ1n) is 11.5. The molecule has 7 nitrogen and oxygen atoms in total. The van der Waals surface area contributed by atoms with E-state index in [9.17, 15) is 0 Å². The monoisotopic (exact) mass is 419 g/mol. The summed E-state index contributed by atoms with van der Waals surface area (Å²) >= 11 is 2.10. The maximum atomic E-state index is 5.14. The maximum Gasteiger partial charge on any atom is 0.191 e. The van der Waals surface area contributed by atoms with Crippen LogP contribution >= 0.6 is 11.8 Å². The second kappa shape index (κ2) is 9.69. The standard InChI is InChI=1S/C21H37N7S/c1-3-22-20(25-18-7-8-19-24-17(2)26-28(19)15-18)23-16-21(9-5-4-6-10-21)27-11-13-29-14-12-27/h18H,3-16H2,1-2H3,(H2,22,23,25). The minimum atomic E-state index is 0.268. The molecular formula is C21H37N7S. The van der Waals surface area contributed by atoms with E-state index in [1.54, 1.807) is 0 Å². The molecule has 2 fully saturated rings. The average molecular weight is 420 g/mol. The Labute approximate surface area is 179 Å². The third kappa shape index (κ3) is 5.08. The van der Waals surface area contributed by atoms with Crippen LogP contribution in [-0.2, 0) is 13.0 Å². The topological polar surface area (TPSA) is 70.4 Å². The fraction of sp³-hybridized carbons (Fsp3) is 0.857. The summed E-state index contributed by atoms with van der Waals surface area (Å²) in [5, 5.41) is 11.7. The van der Waals surface area contributed by atoms with Gasteiger partial charge in [0.05, 0.1) is 13.1 Å². The molecule has 0 aromatic carbocycles. The lowest BCUT2D eigenvalue weighted by atomic mass is 9.80. The number of guanidine groups is 1. The molecule has 8 heteroatoms. The Morgan fingerprint density at radius 3 is 2.79 bits per heavy atom. The fourth-order valence-corrected chi connectivity index (χ4v) is 6.02. The van der Waals surface area contributed by atoms with Crippen molar-refractivity contribution in [1.82, 2.24) is 30.3 Å². The Morgan fingerprint density at radius 2 is 2.03 bits per heavy atom. The van der Waals surface area contributed by atoms with Crippen molar-refractivity contribution in [3.05, 3.63) is 11.6 Å². The van der Waals surface area contributed by atoms with E-state index in [2.05, 4.69) is 49.0 Å². The van der Waals surface area contributed by atoms with Crippen LogP contribution in [0.3, 0.4) is 0 Å². The molecule has 1 atom stereocenters. The van der Waals surface area contributed by atoms with Gasteiger partial charge in [-0.3, -0.25) is 9.89 Å². The van der Waals surface area contributed by atoms with Crippen molar-refractivity contribution < 1.29 is 0 Å². The number of aromatic nitrogens is 3. The molecule has 1 saturated carbocycles. The summed E-state index contributed by atoms with van der Waals surface area (Å²) in [6, 6.07) is 0.357. The highest BCUT2D eigenvalue weighted by Crippen LogP contribution is 2.35. The summed E-state index contributed by atoms with van der Waals surface area (Å²) in [4.78, 5) is 12.4. The number of aryl methyl sites for hydroxylation is 2. The minimum Gasteiger partial charge on any atom is -0.357 e. The van der Waals surface area contributed by atoms with Gasteiger partial charge in [-0.1, -0.05) is 19.3 Å². The highest BCUT2D eigenvalue weighted by molar-refractivity contribution is 7.99. The molecule has 1 aromatic rings. The van der Waals surface area contributed by atoms with Gasteiger partial charge in [0, 0.05) is 49.1 Å². The van der Waals surface area contributed by atoms with Gasteiger partial charge in [-0.25, -0.2) is 9.67 Å². The van der Waals surface area contributed by atoms with Gasteiger partial charge >= 0.3 is 0 Å². The highest BCUT2D eigenvalue weighted by atomic mass is 32.2. The van der Waals surface area contributed by atoms with Crippen LogP contribution in [-0.4, -0.2) is 74.9 Å². The van der Waals surface area contributed by atoms with E-state index in [1.165, 1.54) is 56.7 Å². The summed E-state index contributed by atoms with van der Waals surface area (Å²) in [7, 11) is 0. The van der Waals surface area contributed by atoms with Crippen molar-refractivity contribution in [3.8, 4) is 0 Å². The van der Waals surface area contributed by atoms with Crippen LogP contribution in [0.15, 0.2) is 4.99 Å². The molecule has 162 valence electrons. The molecule has 3 heterocycles. The molecule has 2 aliphatic heterocycles. The molecule has 1 aliphatic carbocycles. The maximum absolute atomic E-state index is 5.14. The predicted octanol–water partition coefficient (Wildman–Crippen LogP) is 2.21. The number of aliphatic imine (C=N–C) groups is 1. The van der Waals surface area contributed by atoms with Crippen molar-refractivity contribution in [2.45, 2.75) is 76.9 Å². The van der Waals surface area contributed by atoms with Gasteiger partial charge in [0.1, 0.15) is 11.6 Å². The molecule has 0 radical (unpaired) electrons. The van der Waals surface area contributed by atoms with Crippen LogP contribution in [0.2, 0.25) is 0 Å². The summed E-state index contributed by atoms with van der Waals surface area (Å²) < 4.78 is 2.06. The smallest absolute Gasteiger partial charge is 0.191 e. The molecule has 0 bridgehead atoms. The van der Waals surface area contributed by atoms with E-state index in [4.69, 9.17) is 4.99 Å². The van der Waals surface area contributed by atoms with E-state index in [0.717, 1.165) is 50.1 Å². The van der Waals surface area contributed by atoms with Crippen LogP contribution < -0.4 is 10.6 Å². The summed E-state index contributed by atoms with van der Waals surface area (Å²) in [5.41, 5.74) is 0.268. The van der Waals surface area contributed by atoms with Crippen molar-refractivity contribution in [2.24, 2.45) is 4.99 Å². The first kappa shape index (κ1) is 21.0. The Bertz CT molecular complexity index is 689. The fourth-order valence-electron chi connectivity index (χ4n) is 5.11. The van der Waals surface area contributed by atoms with Gasteiger partial charge in [0.25, 0.3) is 0 Å². The first-order valence-corrected chi connectivity index (χ1v) is 12.6. The van der Waals surface area contributed by atoms with Crippen LogP contribution in [0.4, 0.5) is 0 Å². The number of thioether (sulfide) groups is 1. The molecule has 4 rings (SSSR count). The van der Waals surface area contributed by atoms with Crippen LogP contribution in [0.1, 0.15) is 57.1 Å². The minimum absolute atomic E-state index is 0.268. The normalized spacial score (nSPS) is 25.4. The molecule has 0 amide bonds. The SMILES string of the molecule is CCNC(=NCC1(N2CCSCC2)CCCCC1)NC1CCc2nc(C)nn2C1. The summed E-state index contributed by atoms with van der Waals surface area (Å²) in [6.45, 7) is 9.24. The lowest BCUT2D eigenvalue weighted by molar-refractivity contribution is 0.0671. The number of hydrogen-bond acceptors (Lipinski definition) is 5. The molecule has 2 N–H and O–H groups in total. The van der Waals surface area contributed by atoms with Crippen molar-refractivity contribution in [3.63, 3.8) is 0 Å². The van der Waals surface area contributed by atoms with Gasteiger partial charge in [0.15, 0.2) is 5.96 Å². The molecule has 29 heavy (non-hydrogen) atoms. The zero-order valence-electron chi connectivity index (χ0n) is 18.1. The second-order valence-corrected chi connectivity index (χ2v) is 9.94. The van der Waals surface area contributed by atoms with Crippen molar-refractivity contribution >= 4 is 17.7 Å². The van der Waals surface area contributed by atoms with E-state index in [0.29, 0.717) is 6.04 Å². The van der Waals surface area contributed by atoms with Gasteiger partial charge in [-0.2, -0.15) is 16.9 Å². The summed E-state index contributed by atoms with van der Waals surface area (Å²) in [6.07, 6.45) is 8.73. The van der Waals surface area contributed by atoms with Crippen LogP contribution in [0, 0.1) is 6.92 Å². The number of hydrogen-bond donors (Lipinski definition) is 2. The number of nitrogens with zero attached hydrogens (tertiary/aromatic N) is 5. The number of nitrogens with one attached hydrogen (secondary N) is 2. The molecule has 3 aliphatic rings. The third-order valence-electron chi connectivity index (χ3n) is 6.65. The van der Waals surface area contributed by atoms with E-state index < -0.39 is 0 Å². The quantitative estimate of drug-likeness (QED) is 0.563. The van der Waals surface area contributed by atoms with E-state index in [1.807, 2.05) is 6.92 Å². The zero-order chi connectivity index (χ0) is 20.1. The van der Waals surface area contributed by atoms with E-state index >= 15 is 0 Å². The van der Waals surface area contributed by atoms with Gasteiger partial charge in [-0.05, 0) is 33.1 Å². The molecule has 0 spiro atoms. The Balaban J connectivity index is 1.44. The Hall–Kier alpha value is -1.28. The molecule has 1 unspecified atom stereocenters. The zero-order valence-corrected chi connectivity index (χ0v) is 18.9. The Morgan fingerprint density at radius 1 is 1.24 bits per heavy atom. The van der Waals surface area contributed by atoms with Gasteiger partial charge < -0.3 is 10.6 Å². The number of fused-ring (bicyclic) bond motifs is 1. The molecular weight excluding hydrogens is 382 g/mol. The number of rotatable bonds is 5. The van der Waals surface area contributed by atoms with Gasteiger partial charge in [0.2, 0.25) is 0 Å². The van der Waals surface area contributed by atoms with E-state index in [-0.39, 0.29) is 5.54 Å². The molecule has 1 aromatic heterocycles. The first-order chi connectivity index (χ1) is 14.2. The lowest BCUT2D eigenvalue weighted by Gasteiger charge is -2.47. The van der Waals surface area contributed by atoms with Crippen molar-refractivity contribution in [1.29, 1.82) is 0 Å². The molecule has 1 saturated heterocycles. The highest BCUT2D eigenvalue weighted by Gasteiger charge is 2.38. The lowest BCUT2D eigenvalue weighted by Crippen LogP contribution is -2.56.